The van der Waals surface area contributed by atoms with Crippen molar-refractivity contribution in [3.05, 3.63) is 53.6 Å². The van der Waals surface area contributed by atoms with E-state index in [0.717, 1.165) is 30.9 Å². The van der Waals surface area contributed by atoms with Gasteiger partial charge in [0.25, 0.3) is 0 Å². The quantitative estimate of drug-likeness (QED) is 0.711. The first-order valence-electron chi connectivity index (χ1n) is 8.84. The van der Waals surface area contributed by atoms with Crippen LogP contribution in [0.3, 0.4) is 0 Å². The van der Waals surface area contributed by atoms with Crippen LogP contribution in [0.2, 0.25) is 0 Å². The first-order chi connectivity index (χ1) is 12.8. The van der Waals surface area contributed by atoms with Gasteiger partial charge < -0.3 is 19.9 Å². The Balaban J connectivity index is 1.71. The zero-order valence-corrected chi connectivity index (χ0v) is 15.0. The van der Waals surface area contributed by atoms with Crippen LogP contribution in [-0.2, 0) is 10.9 Å². The molecule has 146 valence electrons. The molecule has 3 rings (SSSR count). The fourth-order valence-electron chi connectivity index (χ4n) is 2.92. The average molecular weight is 381 g/mol. The Kier molecular flexibility index (Phi) is 5.79. The van der Waals surface area contributed by atoms with E-state index in [1.807, 2.05) is 24.3 Å². The van der Waals surface area contributed by atoms with Crippen LogP contribution in [0, 0.1) is 0 Å². The number of benzene rings is 2. The second-order valence-electron chi connectivity index (χ2n) is 6.49. The van der Waals surface area contributed by atoms with E-state index >= 15 is 0 Å². The molecular weight excluding hydrogens is 359 g/mol. The number of nitrogens with two attached hydrogens (primary N) is 1. The summed E-state index contributed by atoms with van der Waals surface area (Å²) >= 11 is 0. The molecule has 1 aliphatic rings. The molecule has 0 spiro atoms. The first-order valence-corrected chi connectivity index (χ1v) is 8.84. The molecule has 27 heavy (non-hydrogen) atoms. The lowest BCUT2D eigenvalue weighted by atomic mass is 10.1. The third-order valence-electron chi connectivity index (χ3n) is 4.38. The standard InChI is InChI=1S/C20H22F3NO3/c1-13(26-16-8-9-18(24)17(12-16)20(21,22)23)14-5-4-6-15(11-14)27-19-7-2-3-10-25-19/h4-6,8-9,11-13,19H,2-3,7,10,24H2,1H3. The van der Waals surface area contributed by atoms with E-state index < -0.39 is 17.8 Å². The van der Waals surface area contributed by atoms with Crippen molar-refractivity contribution in [1.29, 1.82) is 0 Å². The van der Waals surface area contributed by atoms with Gasteiger partial charge in [0, 0.05) is 12.1 Å². The summed E-state index contributed by atoms with van der Waals surface area (Å²) in [6.07, 6.45) is -2.33. The first kappa shape index (κ1) is 19.4. The summed E-state index contributed by atoms with van der Waals surface area (Å²) in [7, 11) is 0. The van der Waals surface area contributed by atoms with Crippen molar-refractivity contribution in [2.45, 2.75) is 44.8 Å². The molecule has 0 aliphatic carbocycles. The highest BCUT2D eigenvalue weighted by Crippen LogP contribution is 2.36. The number of hydrogen-bond donors (Lipinski definition) is 1. The molecule has 1 fully saturated rings. The fraction of sp³-hybridized carbons (Fsp3) is 0.400. The molecule has 4 nitrogen and oxygen atoms in total. The van der Waals surface area contributed by atoms with E-state index in [9.17, 15) is 13.2 Å². The maximum atomic E-state index is 13.0. The van der Waals surface area contributed by atoms with Crippen LogP contribution in [-0.4, -0.2) is 12.9 Å². The van der Waals surface area contributed by atoms with Gasteiger partial charge in [-0.05, 0) is 55.7 Å². The van der Waals surface area contributed by atoms with Gasteiger partial charge in [-0.15, -0.1) is 0 Å². The van der Waals surface area contributed by atoms with Gasteiger partial charge in [0.1, 0.15) is 17.6 Å². The van der Waals surface area contributed by atoms with Crippen molar-refractivity contribution in [1.82, 2.24) is 0 Å². The number of halogens is 3. The summed E-state index contributed by atoms with van der Waals surface area (Å²) in [5.41, 5.74) is 4.98. The largest absolute Gasteiger partial charge is 0.486 e. The topological polar surface area (TPSA) is 53.7 Å². The van der Waals surface area contributed by atoms with E-state index in [1.54, 1.807) is 6.92 Å². The third-order valence-corrected chi connectivity index (χ3v) is 4.38. The summed E-state index contributed by atoms with van der Waals surface area (Å²) in [4.78, 5) is 0. The Morgan fingerprint density at radius 2 is 1.93 bits per heavy atom. The minimum absolute atomic E-state index is 0.103. The van der Waals surface area contributed by atoms with Crippen molar-refractivity contribution in [2.24, 2.45) is 0 Å². The smallest absolute Gasteiger partial charge is 0.418 e. The molecule has 1 saturated heterocycles. The highest BCUT2D eigenvalue weighted by Gasteiger charge is 2.33. The molecule has 1 heterocycles. The lowest BCUT2D eigenvalue weighted by molar-refractivity contribution is -0.137. The van der Waals surface area contributed by atoms with Crippen molar-refractivity contribution in [3.63, 3.8) is 0 Å². The number of nitrogen functional groups attached to an aromatic ring is 1. The maximum absolute atomic E-state index is 13.0. The van der Waals surface area contributed by atoms with Gasteiger partial charge in [0.05, 0.1) is 12.2 Å². The van der Waals surface area contributed by atoms with Gasteiger partial charge in [-0.3, -0.25) is 0 Å². The summed E-state index contributed by atoms with van der Waals surface area (Å²) in [6.45, 7) is 2.45. The Bertz CT molecular complexity index is 773. The minimum atomic E-state index is -4.53. The minimum Gasteiger partial charge on any atom is -0.486 e. The lowest BCUT2D eigenvalue weighted by Crippen LogP contribution is -2.25. The van der Waals surface area contributed by atoms with E-state index in [2.05, 4.69) is 0 Å². The maximum Gasteiger partial charge on any atom is 0.418 e. The molecule has 0 radical (unpaired) electrons. The van der Waals surface area contributed by atoms with Crippen molar-refractivity contribution in [3.8, 4) is 11.5 Å². The number of hydrogen-bond acceptors (Lipinski definition) is 4. The third kappa shape index (κ3) is 5.07. The van der Waals surface area contributed by atoms with Crippen molar-refractivity contribution < 1.29 is 27.4 Å². The summed E-state index contributed by atoms with van der Waals surface area (Å²) in [5, 5.41) is 0. The summed E-state index contributed by atoms with van der Waals surface area (Å²) in [6, 6.07) is 10.8. The van der Waals surface area contributed by atoms with E-state index in [1.165, 1.54) is 12.1 Å². The SMILES string of the molecule is CC(Oc1ccc(N)c(C(F)(F)F)c1)c1cccc(OC2CCCCO2)c1. The van der Waals surface area contributed by atoms with Crippen LogP contribution in [0.1, 0.15) is 43.4 Å². The second kappa shape index (κ2) is 8.08. The van der Waals surface area contributed by atoms with Gasteiger partial charge in [0.2, 0.25) is 0 Å². The van der Waals surface area contributed by atoms with Gasteiger partial charge in [-0.2, -0.15) is 13.2 Å². The van der Waals surface area contributed by atoms with Crippen LogP contribution in [0.4, 0.5) is 18.9 Å². The molecule has 0 amide bonds. The highest BCUT2D eigenvalue weighted by atomic mass is 19.4. The van der Waals surface area contributed by atoms with Crippen LogP contribution in [0.25, 0.3) is 0 Å². The zero-order valence-electron chi connectivity index (χ0n) is 15.0. The van der Waals surface area contributed by atoms with Gasteiger partial charge >= 0.3 is 6.18 Å². The summed E-state index contributed by atoms with van der Waals surface area (Å²) < 4.78 is 56.1. The molecule has 0 bridgehead atoms. The highest BCUT2D eigenvalue weighted by molar-refractivity contribution is 5.52. The predicted octanol–water partition coefficient (Wildman–Crippen LogP) is 5.33. The predicted molar refractivity (Wildman–Crippen MR) is 95.6 cm³/mol. The number of alkyl halides is 3. The molecule has 1 aliphatic heterocycles. The Hall–Kier alpha value is -2.41. The van der Waals surface area contributed by atoms with E-state index in [0.29, 0.717) is 12.4 Å². The Morgan fingerprint density at radius 3 is 2.63 bits per heavy atom. The number of anilines is 1. The monoisotopic (exact) mass is 381 g/mol. The van der Waals surface area contributed by atoms with Crippen LogP contribution in [0.5, 0.6) is 11.5 Å². The molecule has 2 unspecified atom stereocenters. The van der Waals surface area contributed by atoms with Crippen molar-refractivity contribution >= 4 is 5.69 Å². The van der Waals surface area contributed by atoms with Gasteiger partial charge in [-0.1, -0.05) is 12.1 Å². The molecular formula is C20H22F3NO3. The van der Waals surface area contributed by atoms with Crippen LogP contribution >= 0.6 is 0 Å². The van der Waals surface area contributed by atoms with E-state index in [4.69, 9.17) is 19.9 Å². The van der Waals surface area contributed by atoms with E-state index in [-0.39, 0.29) is 17.7 Å². The Labute approximate surface area is 156 Å². The molecule has 2 aromatic rings. The zero-order chi connectivity index (χ0) is 19.4. The molecule has 2 aromatic carbocycles. The summed E-state index contributed by atoms with van der Waals surface area (Å²) in [5.74, 6) is 0.745. The molecule has 2 N–H and O–H groups in total. The molecule has 7 heteroatoms. The Morgan fingerprint density at radius 1 is 1.11 bits per heavy atom. The number of ether oxygens (including phenoxy) is 3. The molecule has 0 saturated carbocycles. The second-order valence-corrected chi connectivity index (χ2v) is 6.49. The van der Waals surface area contributed by atoms with Crippen LogP contribution < -0.4 is 15.2 Å². The fourth-order valence-corrected chi connectivity index (χ4v) is 2.92. The molecule has 2 atom stereocenters. The van der Waals surface area contributed by atoms with Crippen LogP contribution in [0.15, 0.2) is 42.5 Å². The average Bonchev–Trinajstić information content (AvgIpc) is 2.63. The number of rotatable bonds is 5. The molecule has 0 aromatic heterocycles. The lowest BCUT2D eigenvalue weighted by Gasteiger charge is -2.24. The normalized spacial score (nSPS) is 18.7. The van der Waals surface area contributed by atoms with Crippen molar-refractivity contribution in [2.75, 3.05) is 12.3 Å². The van der Waals surface area contributed by atoms with Gasteiger partial charge in [-0.25, -0.2) is 0 Å². The van der Waals surface area contributed by atoms with Gasteiger partial charge in [0.15, 0.2) is 6.29 Å².